The summed E-state index contributed by atoms with van der Waals surface area (Å²) in [5, 5.41) is 13.6. The summed E-state index contributed by atoms with van der Waals surface area (Å²) < 4.78 is 1.99. The van der Waals surface area contributed by atoms with Crippen LogP contribution >= 0.6 is 0 Å². The van der Waals surface area contributed by atoms with Crippen LogP contribution < -0.4 is 16.0 Å². The van der Waals surface area contributed by atoms with Gasteiger partial charge in [-0.05, 0) is 36.6 Å². The molecule has 3 N–H and O–H groups in total. The van der Waals surface area contributed by atoms with Gasteiger partial charge in [0.25, 0.3) is 5.91 Å². The molecule has 0 aliphatic carbocycles. The summed E-state index contributed by atoms with van der Waals surface area (Å²) in [5.74, 6) is -0.0130. The van der Waals surface area contributed by atoms with Crippen LogP contribution in [-0.2, 0) is 22.7 Å². The van der Waals surface area contributed by atoms with E-state index in [2.05, 4.69) is 21.0 Å². The second kappa shape index (κ2) is 7.56. The Morgan fingerprint density at radius 1 is 1.17 bits per heavy atom. The van der Waals surface area contributed by atoms with Gasteiger partial charge in [0, 0.05) is 43.9 Å². The van der Waals surface area contributed by atoms with E-state index in [0.717, 1.165) is 36.5 Å². The lowest BCUT2D eigenvalue weighted by atomic mass is 10.0. The molecule has 0 radical (unpaired) electrons. The molecule has 0 saturated carbocycles. The monoisotopic (exact) mass is 408 g/mol. The van der Waals surface area contributed by atoms with E-state index >= 15 is 0 Å². The molecule has 2 unspecified atom stereocenters. The third-order valence-corrected chi connectivity index (χ3v) is 6.08. The second-order valence-electron chi connectivity index (χ2n) is 8.07. The fourth-order valence-corrected chi connectivity index (χ4v) is 4.41. The van der Waals surface area contributed by atoms with Crippen molar-refractivity contribution < 1.29 is 14.4 Å². The van der Waals surface area contributed by atoms with Crippen LogP contribution in [0, 0.1) is 0 Å². The lowest BCUT2D eigenvalue weighted by molar-refractivity contribution is -0.136. The van der Waals surface area contributed by atoms with Crippen LogP contribution in [0.1, 0.15) is 46.8 Å². The minimum absolute atomic E-state index is 0.153. The summed E-state index contributed by atoms with van der Waals surface area (Å²) in [7, 11) is 0. The van der Waals surface area contributed by atoms with Gasteiger partial charge in [0.1, 0.15) is 11.9 Å². The van der Waals surface area contributed by atoms with E-state index in [4.69, 9.17) is 0 Å². The number of hydrogen-bond donors (Lipinski definition) is 3. The molecule has 1 aromatic carbocycles. The molecule has 2 fully saturated rings. The fourth-order valence-electron chi connectivity index (χ4n) is 4.41. The Bertz CT molecular complexity index is 1010. The first-order valence-corrected chi connectivity index (χ1v) is 10.3. The second-order valence-corrected chi connectivity index (χ2v) is 8.07. The normalized spacial score (nSPS) is 23.6. The van der Waals surface area contributed by atoms with Gasteiger partial charge in [0.2, 0.25) is 11.8 Å². The van der Waals surface area contributed by atoms with Gasteiger partial charge >= 0.3 is 0 Å². The predicted molar refractivity (Wildman–Crippen MR) is 109 cm³/mol. The molecule has 2 saturated heterocycles. The summed E-state index contributed by atoms with van der Waals surface area (Å²) >= 11 is 0. The minimum atomic E-state index is -0.585. The molecule has 30 heavy (non-hydrogen) atoms. The highest BCUT2D eigenvalue weighted by atomic mass is 16.2. The van der Waals surface area contributed by atoms with Crippen molar-refractivity contribution in [2.45, 2.75) is 44.4 Å². The van der Waals surface area contributed by atoms with Gasteiger partial charge in [-0.3, -0.25) is 24.4 Å². The number of nitrogens with one attached hydrogen (secondary N) is 3. The lowest BCUT2D eigenvalue weighted by Crippen LogP contribution is -2.52. The van der Waals surface area contributed by atoms with Crippen molar-refractivity contribution in [1.29, 1.82) is 0 Å². The molecule has 9 heteroatoms. The minimum Gasteiger partial charge on any atom is -0.365 e. The van der Waals surface area contributed by atoms with Gasteiger partial charge < -0.3 is 15.5 Å². The molecule has 1 aromatic heterocycles. The number of benzene rings is 1. The maximum Gasteiger partial charge on any atom is 0.255 e. The van der Waals surface area contributed by atoms with Crippen molar-refractivity contribution in [1.82, 2.24) is 25.3 Å². The average Bonchev–Trinajstić information content (AvgIpc) is 3.47. The van der Waals surface area contributed by atoms with Crippen LogP contribution in [0.3, 0.4) is 0 Å². The van der Waals surface area contributed by atoms with Crippen molar-refractivity contribution in [3.8, 4) is 0 Å². The number of amides is 3. The molecule has 3 aliphatic rings. The van der Waals surface area contributed by atoms with Gasteiger partial charge in [-0.25, -0.2) is 0 Å². The van der Waals surface area contributed by atoms with E-state index in [1.807, 2.05) is 35.1 Å². The van der Waals surface area contributed by atoms with Crippen molar-refractivity contribution >= 4 is 23.5 Å². The smallest absolute Gasteiger partial charge is 0.255 e. The number of carbonyl (C=O) groups excluding carboxylic acids is 3. The standard InChI is InChI=1S/C21H24N6O3/c28-19-4-3-17(20(29)24-19)26-12-14-2-1-13(9-16(14)21(26)30)10-23-18-6-8-27(25-18)15-5-7-22-11-15/h1-2,6,8-9,15,17,22H,3-5,7,10-12H2,(H,23,25)(H,24,28,29). The van der Waals surface area contributed by atoms with Gasteiger partial charge in [-0.1, -0.05) is 12.1 Å². The Balaban J connectivity index is 1.25. The third-order valence-electron chi connectivity index (χ3n) is 6.08. The van der Waals surface area contributed by atoms with Gasteiger partial charge in [0.05, 0.1) is 6.04 Å². The number of aromatic nitrogens is 2. The molecule has 2 atom stereocenters. The molecular formula is C21H24N6O3. The highest BCUT2D eigenvalue weighted by Gasteiger charge is 2.39. The Labute approximate surface area is 173 Å². The van der Waals surface area contributed by atoms with Crippen LogP contribution in [0.25, 0.3) is 0 Å². The van der Waals surface area contributed by atoms with Crippen LogP contribution in [0.15, 0.2) is 30.5 Å². The number of hydrogen-bond acceptors (Lipinski definition) is 6. The zero-order chi connectivity index (χ0) is 20.7. The molecule has 0 bridgehead atoms. The average molecular weight is 408 g/mol. The van der Waals surface area contributed by atoms with Gasteiger partial charge in [-0.2, -0.15) is 5.10 Å². The first-order valence-electron chi connectivity index (χ1n) is 10.3. The first kappa shape index (κ1) is 18.8. The maximum atomic E-state index is 12.9. The first-order chi connectivity index (χ1) is 14.6. The van der Waals surface area contributed by atoms with Crippen molar-refractivity contribution in [2.24, 2.45) is 0 Å². The Kier molecular flexibility index (Phi) is 4.74. The number of imide groups is 1. The summed E-state index contributed by atoms with van der Waals surface area (Å²) in [6.07, 6.45) is 3.70. The zero-order valence-corrected chi connectivity index (χ0v) is 16.6. The van der Waals surface area contributed by atoms with Crippen molar-refractivity contribution in [3.05, 3.63) is 47.2 Å². The number of nitrogens with zero attached hydrogens (tertiary/aromatic N) is 3. The topological polar surface area (TPSA) is 108 Å². The quantitative estimate of drug-likeness (QED) is 0.632. The van der Waals surface area contributed by atoms with Gasteiger partial charge in [-0.15, -0.1) is 0 Å². The highest BCUT2D eigenvalue weighted by molar-refractivity contribution is 6.05. The van der Waals surface area contributed by atoms with E-state index in [9.17, 15) is 14.4 Å². The van der Waals surface area contributed by atoms with E-state index in [1.54, 1.807) is 4.90 Å². The van der Waals surface area contributed by atoms with E-state index < -0.39 is 6.04 Å². The van der Waals surface area contributed by atoms with Gasteiger partial charge in [0.15, 0.2) is 0 Å². The summed E-state index contributed by atoms with van der Waals surface area (Å²) in [5.41, 5.74) is 2.51. The van der Waals surface area contributed by atoms with Crippen LogP contribution in [-0.4, -0.2) is 51.5 Å². The summed E-state index contributed by atoms with van der Waals surface area (Å²) in [4.78, 5) is 38.0. The molecule has 9 nitrogen and oxygen atoms in total. The summed E-state index contributed by atoms with van der Waals surface area (Å²) in [6, 6.07) is 7.59. The largest absolute Gasteiger partial charge is 0.365 e. The SMILES string of the molecule is O=C1CCC(N2Cc3ccc(CNc4ccn(C5CCNC5)n4)cc3C2=O)C(=O)N1. The summed E-state index contributed by atoms with van der Waals surface area (Å²) in [6.45, 7) is 2.91. The third kappa shape index (κ3) is 3.45. The number of fused-ring (bicyclic) bond motifs is 1. The fraction of sp³-hybridized carbons (Fsp3) is 0.429. The molecule has 5 rings (SSSR count). The molecule has 156 valence electrons. The maximum absolute atomic E-state index is 12.9. The zero-order valence-electron chi connectivity index (χ0n) is 16.6. The molecule has 0 spiro atoms. The van der Waals surface area contributed by atoms with E-state index in [1.165, 1.54) is 0 Å². The number of piperidine rings is 1. The molecule has 2 aromatic rings. The predicted octanol–water partition coefficient (Wildman–Crippen LogP) is 0.791. The molecule has 4 heterocycles. The molecular weight excluding hydrogens is 384 g/mol. The van der Waals surface area contributed by atoms with Crippen LogP contribution in [0.4, 0.5) is 5.82 Å². The molecule has 3 aliphatic heterocycles. The van der Waals surface area contributed by atoms with Crippen LogP contribution in [0.2, 0.25) is 0 Å². The Hall–Kier alpha value is -3.20. The lowest BCUT2D eigenvalue weighted by Gasteiger charge is -2.29. The van der Waals surface area contributed by atoms with Crippen LogP contribution in [0.5, 0.6) is 0 Å². The Morgan fingerprint density at radius 2 is 2.07 bits per heavy atom. The van der Waals surface area contributed by atoms with Crippen molar-refractivity contribution in [3.63, 3.8) is 0 Å². The number of anilines is 1. The highest BCUT2D eigenvalue weighted by Crippen LogP contribution is 2.28. The number of rotatable bonds is 5. The number of carbonyl (C=O) groups is 3. The van der Waals surface area contributed by atoms with E-state index in [0.29, 0.717) is 31.1 Å². The molecule has 3 amide bonds. The Morgan fingerprint density at radius 3 is 2.87 bits per heavy atom. The van der Waals surface area contributed by atoms with Crippen molar-refractivity contribution in [2.75, 3.05) is 18.4 Å². The van der Waals surface area contributed by atoms with E-state index in [-0.39, 0.29) is 24.1 Å².